The maximum Gasteiger partial charge on any atom is 0.319 e. The van der Waals surface area contributed by atoms with Crippen LogP contribution in [-0.4, -0.2) is 30.9 Å². The second kappa shape index (κ2) is 6.83. The number of benzene rings is 1. The normalized spacial score (nSPS) is 13.7. The minimum Gasteiger partial charge on any atom is -0.495 e. The van der Waals surface area contributed by atoms with Crippen molar-refractivity contribution in [2.45, 2.75) is 25.3 Å². The van der Waals surface area contributed by atoms with Crippen molar-refractivity contribution in [3.8, 4) is 17.6 Å². The van der Waals surface area contributed by atoms with E-state index < -0.39 is 0 Å². The molecule has 1 saturated carbocycles. The van der Waals surface area contributed by atoms with Crippen LogP contribution in [0.3, 0.4) is 0 Å². The molecule has 1 aromatic carbocycles. The van der Waals surface area contributed by atoms with E-state index in [9.17, 15) is 4.79 Å². The van der Waals surface area contributed by atoms with Gasteiger partial charge >= 0.3 is 6.03 Å². The number of rotatable bonds is 3. The molecular formula is C15H18N2O3. The Balaban J connectivity index is 2.08. The SMILES string of the molecule is COc1ccc(C#CCO)cc1NC(=O)NC1CCC1. The number of amides is 2. The number of nitrogens with one attached hydrogen (secondary N) is 2. The third kappa shape index (κ3) is 3.65. The molecule has 3 N–H and O–H groups in total. The topological polar surface area (TPSA) is 70.6 Å². The number of hydrogen-bond donors (Lipinski definition) is 3. The summed E-state index contributed by atoms with van der Waals surface area (Å²) in [5.41, 5.74) is 1.27. The highest BCUT2D eigenvalue weighted by Crippen LogP contribution is 2.25. The van der Waals surface area contributed by atoms with Crippen LogP contribution < -0.4 is 15.4 Å². The van der Waals surface area contributed by atoms with Crippen molar-refractivity contribution in [3.63, 3.8) is 0 Å². The lowest BCUT2D eigenvalue weighted by Crippen LogP contribution is -2.41. The lowest BCUT2D eigenvalue weighted by molar-refractivity contribution is 0.240. The maximum absolute atomic E-state index is 11.9. The third-order valence-electron chi connectivity index (χ3n) is 3.20. The van der Waals surface area contributed by atoms with E-state index in [1.165, 1.54) is 6.42 Å². The highest BCUT2D eigenvalue weighted by molar-refractivity contribution is 5.91. The van der Waals surface area contributed by atoms with Gasteiger partial charge in [0.05, 0.1) is 12.8 Å². The Morgan fingerprint density at radius 2 is 2.30 bits per heavy atom. The van der Waals surface area contributed by atoms with E-state index in [0.717, 1.165) is 12.8 Å². The fourth-order valence-corrected chi connectivity index (χ4v) is 1.92. The monoisotopic (exact) mass is 274 g/mol. The summed E-state index contributed by atoms with van der Waals surface area (Å²) in [6.45, 7) is -0.197. The second-order valence-electron chi connectivity index (χ2n) is 4.60. The standard InChI is InChI=1S/C15H18N2O3/c1-20-14-8-7-11(4-3-9-18)10-13(14)17-15(19)16-12-5-2-6-12/h7-8,10,12,18H,2,5-6,9H2,1H3,(H2,16,17,19). The van der Waals surface area contributed by atoms with E-state index in [2.05, 4.69) is 22.5 Å². The Bertz CT molecular complexity index is 542. The predicted molar refractivity (Wildman–Crippen MR) is 76.8 cm³/mol. The molecule has 1 aromatic rings. The smallest absolute Gasteiger partial charge is 0.319 e. The Hall–Kier alpha value is -2.19. The Kier molecular flexibility index (Phi) is 4.85. The van der Waals surface area contributed by atoms with Gasteiger partial charge in [-0.2, -0.15) is 0 Å². The fourth-order valence-electron chi connectivity index (χ4n) is 1.92. The van der Waals surface area contributed by atoms with E-state index in [1.807, 2.05) is 0 Å². The van der Waals surface area contributed by atoms with Crippen LogP contribution in [-0.2, 0) is 0 Å². The van der Waals surface area contributed by atoms with Gasteiger partial charge in [-0.15, -0.1) is 0 Å². The highest BCUT2D eigenvalue weighted by atomic mass is 16.5. The molecule has 0 spiro atoms. The quantitative estimate of drug-likeness (QED) is 0.735. The maximum atomic E-state index is 11.9. The molecule has 0 heterocycles. The zero-order valence-electron chi connectivity index (χ0n) is 11.4. The van der Waals surface area contributed by atoms with Gasteiger partial charge in [0, 0.05) is 11.6 Å². The second-order valence-corrected chi connectivity index (χ2v) is 4.60. The van der Waals surface area contributed by atoms with Crippen molar-refractivity contribution >= 4 is 11.7 Å². The Morgan fingerprint density at radius 1 is 1.50 bits per heavy atom. The summed E-state index contributed by atoms with van der Waals surface area (Å²) in [5, 5.41) is 14.4. The zero-order valence-corrected chi connectivity index (χ0v) is 11.4. The van der Waals surface area contributed by atoms with E-state index in [1.54, 1.807) is 25.3 Å². The molecule has 1 fully saturated rings. The molecule has 0 aromatic heterocycles. The largest absolute Gasteiger partial charge is 0.495 e. The summed E-state index contributed by atoms with van der Waals surface area (Å²) < 4.78 is 5.21. The van der Waals surface area contributed by atoms with Crippen LogP contribution in [0.1, 0.15) is 24.8 Å². The van der Waals surface area contributed by atoms with Crippen LogP contribution in [0.15, 0.2) is 18.2 Å². The summed E-state index contributed by atoms with van der Waals surface area (Å²) in [6, 6.07) is 5.28. The van der Waals surface area contributed by atoms with Crippen LogP contribution in [0.25, 0.3) is 0 Å². The van der Waals surface area contributed by atoms with Gasteiger partial charge in [0.15, 0.2) is 0 Å². The van der Waals surface area contributed by atoms with Crippen molar-refractivity contribution in [1.29, 1.82) is 0 Å². The number of carbonyl (C=O) groups excluding carboxylic acids is 1. The minimum atomic E-state index is -0.236. The van der Waals surface area contributed by atoms with Gasteiger partial charge in [-0.1, -0.05) is 11.8 Å². The van der Waals surface area contributed by atoms with Gasteiger partial charge in [-0.3, -0.25) is 0 Å². The van der Waals surface area contributed by atoms with Gasteiger partial charge in [0.2, 0.25) is 0 Å². The van der Waals surface area contributed by atoms with Gasteiger partial charge in [0.1, 0.15) is 12.4 Å². The van der Waals surface area contributed by atoms with E-state index in [4.69, 9.17) is 9.84 Å². The molecular weight excluding hydrogens is 256 g/mol. The molecule has 0 radical (unpaired) electrons. The number of methoxy groups -OCH3 is 1. The number of carbonyl (C=O) groups is 1. The molecule has 0 bridgehead atoms. The third-order valence-corrected chi connectivity index (χ3v) is 3.20. The summed E-state index contributed by atoms with van der Waals surface area (Å²) in [4.78, 5) is 11.9. The first-order chi connectivity index (χ1) is 9.72. The van der Waals surface area contributed by atoms with Gasteiger partial charge < -0.3 is 20.5 Å². The first-order valence-electron chi connectivity index (χ1n) is 6.58. The van der Waals surface area contributed by atoms with E-state index >= 15 is 0 Å². The Labute approximate surface area is 118 Å². The summed E-state index contributed by atoms with van der Waals surface area (Å²) in [6.07, 6.45) is 3.24. The number of aliphatic hydroxyl groups excluding tert-OH is 1. The van der Waals surface area contributed by atoms with Crippen LogP contribution >= 0.6 is 0 Å². The van der Waals surface area contributed by atoms with Gasteiger partial charge in [0.25, 0.3) is 0 Å². The van der Waals surface area contributed by atoms with Crippen molar-refractivity contribution in [3.05, 3.63) is 23.8 Å². The molecule has 0 atom stereocenters. The van der Waals surface area contributed by atoms with Crippen LogP contribution in [0.5, 0.6) is 5.75 Å². The van der Waals surface area contributed by atoms with Crippen LogP contribution in [0.4, 0.5) is 10.5 Å². The summed E-state index contributed by atoms with van der Waals surface area (Å²) in [5.74, 6) is 5.94. The molecule has 2 amide bonds. The molecule has 0 aliphatic heterocycles. The summed E-state index contributed by atoms with van der Waals surface area (Å²) >= 11 is 0. The average Bonchev–Trinajstić information content (AvgIpc) is 2.41. The molecule has 1 aliphatic carbocycles. The first kappa shape index (κ1) is 14.2. The van der Waals surface area contributed by atoms with Crippen molar-refractivity contribution in [2.75, 3.05) is 19.0 Å². The predicted octanol–water partition coefficient (Wildman–Crippen LogP) is 1.71. The molecule has 0 saturated heterocycles. The molecule has 5 nitrogen and oxygen atoms in total. The van der Waals surface area contributed by atoms with Crippen LogP contribution in [0, 0.1) is 11.8 Å². The number of urea groups is 1. The number of aliphatic hydroxyl groups is 1. The van der Waals surface area contributed by atoms with Crippen LogP contribution in [0.2, 0.25) is 0 Å². The highest BCUT2D eigenvalue weighted by Gasteiger charge is 2.19. The molecule has 20 heavy (non-hydrogen) atoms. The molecule has 1 aliphatic rings. The fraction of sp³-hybridized carbons (Fsp3) is 0.400. The van der Waals surface area contributed by atoms with Gasteiger partial charge in [-0.25, -0.2) is 4.79 Å². The molecule has 0 unspecified atom stereocenters. The molecule has 5 heteroatoms. The lowest BCUT2D eigenvalue weighted by atomic mass is 9.93. The van der Waals surface area contributed by atoms with E-state index in [-0.39, 0.29) is 18.7 Å². The van der Waals surface area contributed by atoms with E-state index in [0.29, 0.717) is 17.0 Å². The van der Waals surface area contributed by atoms with Crippen molar-refractivity contribution in [2.24, 2.45) is 0 Å². The van der Waals surface area contributed by atoms with Crippen molar-refractivity contribution < 1.29 is 14.6 Å². The average molecular weight is 274 g/mol. The molecule has 2 rings (SSSR count). The number of hydrogen-bond acceptors (Lipinski definition) is 3. The van der Waals surface area contributed by atoms with Crippen molar-refractivity contribution in [1.82, 2.24) is 5.32 Å². The first-order valence-corrected chi connectivity index (χ1v) is 6.58. The Morgan fingerprint density at radius 3 is 2.90 bits per heavy atom. The number of ether oxygens (including phenoxy) is 1. The number of anilines is 1. The lowest BCUT2D eigenvalue weighted by Gasteiger charge is -2.26. The minimum absolute atomic E-state index is 0.197. The summed E-state index contributed by atoms with van der Waals surface area (Å²) in [7, 11) is 1.55. The van der Waals surface area contributed by atoms with Gasteiger partial charge in [-0.05, 0) is 37.5 Å². The zero-order chi connectivity index (χ0) is 14.4. The molecule has 106 valence electrons.